The predicted octanol–water partition coefficient (Wildman–Crippen LogP) is 3.15. The van der Waals surface area contributed by atoms with Gasteiger partial charge >= 0.3 is 0 Å². The molecule has 3 nitrogen and oxygen atoms in total. The average molecular weight is 276 g/mol. The summed E-state index contributed by atoms with van der Waals surface area (Å²) in [7, 11) is 1.92. The van der Waals surface area contributed by atoms with Crippen molar-refractivity contribution in [2.75, 3.05) is 0 Å². The molecule has 1 heterocycles. The van der Waals surface area contributed by atoms with Crippen LogP contribution in [0.4, 0.5) is 4.39 Å². The van der Waals surface area contributed by atoms with Gasteiger partial charge in [0.25, 0.3) is 0 Å². The fourth-order valence-corrected chi connectivity index (χ4v) is 2.50. The summed E-state index contributed by atoms with van der Waals surface area (Å²) in [5.74, 6) is -0.236. The van der Waals surface area contributed by atoms with Gasteiger partial charge in [0.05, 0.1) is 11.8 Å². The number of rotatable bonds is 4. The summed E-state index contributed by atoms with van der Waals surface area (Å²) < 4.78 is 15.1. The van der Waals surface area contributed by atoms with Crippen LogP contribution in [0.3, 0.4) is 0 Å². The van der Waals surface area contributed by atoms with Gasteiger partial charge in [0.1, 0.15) is 5.82 Å². The van der Waals surface area contributed by atoms with Crippen LogP contribution in [-0.4, -0.2) is 14.9 Å². The van der Waals surface area contributed by atoms with E-state index in [4.69, 9.17) is 0 Å². The summed E-state index contributed by atoms with van der Waals surface area (Å²) in [5, 5.41) is 14.6. The molecule has 4 heteroatoms. The van der Waals surface area contributed by atoms with Gasteiger partial charge in [0.15, 0.2) is 0 Å². The number of aromatic nitrogens is 2. The summed E-state index contributed by atoms with van der Waals surface area (Å²) >= 11 is 0. The molecule has 20 heavy (non-hydrogen) atoms. The first-order valence-electron chi connectivity index (χ1n) is 6.83. The Balaban J connectivity index is 2.08. The Morgan fingerprint density at radius 1 is 1.30 bits per heavy atom. The Morgan fingerprint density at radius 2 is 2.00 bits per heavy atom. The second kappa shape index (κ2) is 5.75. The third-order valence-electron chi connectivity index (χ3n) is 3.89. The van der Waals surface area contributed by atoms with Gasteiger partial charge in [-0.25, -0.2) is 4.39 Å². The van der Waals surface area contributed by atoms with Crippen molar-refractivity contribution in [2.45, 2.75) is 39.7 Å². The highest BCUT2D eigenvalue weighted by Gasteiger charge is 2.14. The minimum Gasteiger partial charge on any atom is -0.388 e. The zero-order valence-electron chi connectivity index (χ0n) is 12.4. The Morgan fingerprint density at radius 3 is 2.55 bits per heavy atom. The maximum absolute atomic E-state index is 13.2. The largest absolute Gasteiger partial charge is 0.388 e. The summed E-state index contributed by atoms with van der Waals surface area (Å²) in [5.41, 5.74) is 4.65. The normalized spacial score (nSPS) is 12.7. The van der Waals surface area contributed by atoms with Crippen LogP contribution in [0.15, 0.2) is 18.2 Å². The summed E-state index contributed by atoms with van der Waals surface area (Å²) in [4.78, 5) is 0. The molecule has 1 N–H and O–H groups in total. The van der Waals surface area contributed by atoms with Crippen LogP contribution >= 0.6 is 0 Å². The Bertz CT molecular complexity index is 619. The highest BCUT2D eigenvalue weighted by Crippen LogP contribution is 2.23. The molecule has 0 saturated carbocycles. The Kier molecular flexibility index (Phi) is 4.23. The molecular formula is C16H21FN2O. The van der Waals surface area contributed by atoms with Crippen molar-refractivity contribution < 1.29 is 9.50 Å². The quantitative estimate of drug-likeness (QED) is 0.931. The van der Waals surface area contributed by atoms with Gasteiger partial charge in [-0.3, -0.25) is 4.68 Å². The van der Waals surface area contributed by atoms with Gasteiger partial charge in [-0.1, -0.05) is 12.1 Å². The molecule has 0 amide bonds. The van der Waals surface area contributed by atoms with Crippen molar-refractivity contribution in [1.29, 1.82) is 0 Å². The SMILES string of the molecule is Cc1cc(C(O)CCc2c(C)nn(C)c2C)ccc1F. The lowest BCUT2D eigenvalue weighted by molar-refractivity contribution is 0.167. The molecule has 0 aliphatic carbocycles. The molecule has 0 fully saturated rings. The van der Waals surface area contributed by atoms with E-state index in [1.54, 1.807) is 19.1 Å². The van der Waals surface area contributed by atoms with Crippen LogP contribution in [0.25, 0.3) is 0 Å². The number of hydrogen-bond acceptors (Lipinski definition) is 2. The standard InChI is InChI=1S/C16H21FN2O/c1-10-9-13(5-7-15(10)17)16(20)8-6-14-11(2)18-19(4)12(14)3/h5,7,9,16,20H,6,8H2,1-4H3. The van der Waals surface area contributed by atoms with Crippen LogP contribution < -0.4 is 0 Å². The van der Waals surface area contributed by atoms with Crippen LogP contribution in [-0.2, 0) is 13.5 Å². The maximum atomic E-state index is 13.2. The van der Waals surface area contributed by atoms with Gasteiger partial charge in [0.2, 0.25) is 0 Å². The number of hydrogen-bond donors (Lipinski definition) is 1. The van der Waals surface area contributed by atoms with Crippen LogP contribution in [0.5, 0.6) is 0 Å². The van der Waals surface area contributed by atoms with Gasteiger partial charge < -0.3 is 5.11 Å². The van der Waals surface area contributed by atoms with E-state index in [1.807, 2.05) is 25.6 Å². The van der Waals surface area contributed by atoms with E-state index in [0.717, 1.165) is 23.4 Å². The molecule has 1 unspecified atom stereocenters. The zero-order valence-corrected chi connectivity index (χ0v) is 12.4. The molecule has 0 bridgehead atoms. The van der Waals surface area contributed by atoms with E-state index in [2.05, 4.69) is 5.10 Å². The summed E-state index contributed by atoms with van der Waals surface area (Å²) in [6.45, 7) is 5.72. The van der Waals surface area contributed by atoms with E-state index in [0.29, 0.717) is 12.0 Å². The van der Waals surface area contributed by atoms with E-state index in [-0.39, 0.29) is 5.82 Å². The predicted molar refractivity (Wildman–Crippen MR) is 77.1 cm³/mol. The first-order chi connectivity index (χ1) is 9.40. The van der Waals surface area contributed by atoms with E-state index in [9.17, 15) is 9.50 Å². The zero-order chi connectivity index (χ0) is 14.9. The van der Waals surface area contributed by atoms with Gasteiger partial charge in [0, 0.05) is 12.7 Å². The number of nitrogens with zero attached hydrogens (tertiary/aromatic N) is 2. The molecule has 1 atom stereocenters. The van der Waals surface area contributed by atoms with Crippen LogP contribution in [0.2, 0.25) is 0 Å². The van der Waals surface area contributed by atoms with Crippen molar-refractivity contribution in [3.8, 4) is 0 Å². The number of aliphatic hydroxyl groups is 1. The van der Waals surface area contributed by atoms with Crippen LogP contribution in [0.1, 0.15) is 40.6 Å². The Labute approximate surface area is 119 Å². The van der Waals surface area contributed by atoms with Crippen molar-refractivity contribution in [2.24, 2.45) is 7.05 Å². The van der Waals surface area contributed by atoms with Crippen molar-refractivity contribution >= 4 is 0 Å². The third-order valence-corrected chi connectivity index (χ3v) is 3.89. The van der Waals surface area contributed by atoms with Crippen molar-refractivity contribution in [3.63, 3.8) is 0 Å². The summed E-state index contributed by atoms with van der Waals surface area (Å²) in [6.07, 6.45) is 0.801. The van der Waals surface area contributed by atoms with E-state index in [1.165, 1.54) is 11.6 Å². The average Bonchev–Trinajstić information content (AvgIpc) is 2.64. The first-order valence-corrected chi connectivity index (χ1v) is 6.83. The molecule has 0 saturated heterocycles. The lowest BCUT2D eigenvalue weighted by Gasteiger charge is -2.12. The molecule has 2 aromatic rings. The fraction of sp³-hybridized carbons (Fsp3) is 0.438. The third kappa shape index (κ3) is 2.90. The van der Waals surface area contributed by atoms with E-state index >= 15 is 0 Å². The summed E-state index contributed by atoms with van der Waals surface area (Å²) in [6, 6.07) is 4.77. The van der Waals surface area contributed by atoms with E-state index < -0.39 is 6.10 Å². The fourth-order valence-electron chi connectivity index (χ4n) is 2.50. The first kappa shape index (κ1) is 14.7. The van der Waals surface area contributed by atoms with Gasteiger partial charge in [-0.05, 0) is 56.4 Å². The molecule has 0 aliphatic heterocycles. The number of halogens is 1. The van der Waals surface area contributed by atoms with Crippen molar-refractivity contribution in [1.82, 2.24) is 9.78 Å². The maximum Gasteiger partial charge on any atom is 0.126 e. The van der Waals surface area contributed by atoms with Crippen LogP contribution in [0, 0.1) is 26.6 Å². The minimum absolute atomic E-state index is 0.236. The molecule has 1 aromatic carbocycles. The highest BCUT2D eigenvalue weighted by molar-refractivity contribution is 5.27. The lowest BCUT2D eigenvalue weighted by atomic mass is 9.99. The monoisotopic (exact) mass is 276 g/mol. The topological polar surface area (TPSA) is 38.1 Å². The molecule has 0 radical (unpaired) electrons. The second-order valence-corrected chi connectivity index (χ2v) is 5.34. The smallest absolute Gasteiger partial charge is 0.126 e. The number of aryl methyl sites for hydroxylation is 3. The number of aliphatic hydroxyl groups excluding tert-OH is 1. The second-order valence-electron chi connectivity index (χ2n) is 5.34. The molecule has 0 spiro atoms. The molecule has 0 aliphatic rings. The minimum atomic E-state index is -0.576. The van der Waals surface area contributed by atoms with Gasteiger partial charge in [-0.2, -0.15) is 5.10 Å². The lowest BCUT2D eigenvalue weighted by Crippen LogP contribution is -2.02. The number of benzene rings is 1. The van der Waals surface area contributed by atoms with Gasteiger partial charge in [-0.15, -0.1) is 0 Å². The van der Waals surface area contributed by atoms with Crippen molar-refractivity contribution in [3.05, 3.63) is 52.1 Å². The molecule has 108 valence electrons. The highest BCUT2D eigenvalue weighted by atomic mass is 19.1. The molecular weight excluding hydrogens is 255 g/mol. The molecule has 2 rings (SSSR count). The Hall–Kier alpha value is -1.68. The molecule has 1 aromatic heterocycles.